The van der Waals surface area contributed by atoms with E-state index >= 15 is 0 Å². The lowest BCUT2D eigenvalue weighted by atomic mass is 10.3. The largest absolute Gasteiger partial charge is 0.497 e. The normalized spacial score (nSPS) is 16.5. The Balaban J connectivity index is 1.67. The van der Waals surface area contributed by atoms with E-state index in [-0.39, 0.29) is 11.2 Å². The predicted molar refractivity (Wildman–Crippen MR) is 102 cm³/mol. The second-order valence-corrected chi connectivity index (χ2v) is 7.51. The maximum absolute atomic E-state index is 12.8. The minimum atomic E-state index is -0.211. The second kappa shape index (κ2) is 8.55. The Morgan fingerprint density at radius 1 is 1.31 bits per heavy atom. The van der Waals surface area contributed by atoms with Crippen LogP contribution in [0.3, 0.4) is 0 Å². The summed E-state index contributed by atoms with van der Waals surface area (Å²) in [6.07, 6.45) is 1.66. The lowest BCUT2D eigenvalue weighted by molar-refractivity contribution is -0.132. The van der Waals surface area contributed by atoms with Crippen LogP contribution >= 0.6 is 11.8 Å². The fourth-order valence-electron chi connectivity index (χ4n) is 2.99. The molecule has 0 N–H and O–H groups in total. The van der Waals surface area contributed by atoms with E-state index in [1.165, 1.54) is 11.8 Å². The van der Waals surface area contributed by atoms with Crippen molar-refractivity contribution in [1.29, 1.82) is 0 Å². The van der Waals surface area contributed by atoms with Gasteiger partial charge in [0, 0.05) is 32.2 Å². The van der Waals surface area contributed by atoms with Crippen LogP contribution < -0.4 is 4.74 Å². The van der Waals surface area contributed by atoms with Gasteiger partial charge < -0.3 is 14.5 Å². The average molecular weight is 375 g/mol. The maximum Gasteiger partial charge on any atom is 0.235 e. The molecule has 0 radical (unpaired) electrons. The molecular weight excluding hydrogens is 350 g/mol. The maximum atomic E-state index is 12.8. The standard InChI is InChI=1S/C18H25N5O2S/c1-4-21-8-10-22(11-9-21)17(24)14(2)26-18-20-19-13-23(18)15-6-5-7-16(12-15)25-3/h5-7,12-14H,4,8-11H2,1-3H3. The summed E-state index contributed by atoms with van der Waals surface area (Å²) in [5, 5.41) is 8.71. The van der Waals surface area contributed by atoms with Crippen LogP contribution in [0.4, 0.5) is 0 Å². The van der Waals surface area contributed by atoms with Crippen molar-refractivity contribution in [2.75, 3.05) is 39.8 Å². The molecule has 2 heterocycles. The van der Waals surface area contributed by atoms with Crippen molar-refractivity contribution < 1.29 is 9.53 Å². The Labute approximate surface area is 158 Å². The summed E-state index contributed by atoms with van der Waals surface area (Å²) in [6.45, 7) is 8.60. The first-order chi connectivity index (χ1) is 12.6. The number of rotatable bonds is 6. The summed E-state index contributed by atoms with van der Waals surface area (Å²) < 4.78 is 7.16. The summed E-state index contributed by atoms with van der Waals surface area (Å²) in [6, 6.07) is 7.70. The van der Waals surface area contributed by atoms with Gasteiger partial charge in [0.05, 0.1) is 18.0 Å². The molecule has 7 nitrogen and oxygen atoms in total. The van der Waals surface area contributed by atoms with E-state index in [2.05, 4.69) is 22.0 Å². The van der Waals surface area contributed by atoms with Crippen molar-refractivity contribution in [1.82, 2.24) is 24.6 Å². The van der Waals surface area contributed by atoms with Crippen molar-refractivity contribution in [2.45, 2.75) is 24.3 Å². The highest BCUT2D eigenvalue weighted by Crippen LogP contribution is 2.26. The van der Waals surface area contributed by atoms with Gasteiger partial charge in [-0.2, -0.15) is 0 Å². The number of hydrogen-bond acceptors (Lipinski definition) is 6. The first kappa shape index (κ1) is 18.7. The molecule has 0 saturated carbocycles. The van der Waals surface area contributed by atoms with Crippen molar-refractivity contribution >= 4 is 17.7 Å². The van der Waals surface area contributed by atoms with E-state index in [1.54, 1.807) is 13.4 Å². The number of carbonyl (C=O) groups excluding carboxylic acids is 1. The molecule has 1 aromatic carbocycles. The predicted octanol–water partition coefficient (Wildman–Crippen LogP) is 1.92. The number of carbonyl (C=O) groups is 1. The highest BCUT2D eigenvalue weighted by atomic mass is 32.2. The molecule has 26 heavy (non-hydrogen) atoms. The topological polar surface area (TPSA) is 63.5 Å². The molecule has 0 spiro atoms. The van der Waals surface area contributed by atoms with E-state index in [0.29, 0.717) is 5.16 Å². The van der Waals surface area contributed by atoms with E-state index in [4.69, 9.17) is 4.74 Å². The van der Waals surface area contributed by atoms with E-state index < -0.39 is 0 Å². The van der Waals surface area contributed by atoms with E-state index in [0.717, 1.165) is 44.2 Å². The molecule has 1 unspecified atom stereocenters. The molecule has 3 rings (SSSR count). The molecule has 1 aliphatic heterocycles. The summed E-state index contributed by atoms with van der Waals surface area (Å²) in [4.78, 5) is 17.1. The molecule has 8 heteroatoms. The van der Waals surface area contributed by atoms with Gasteiger partial charge in [0.15, 0.2) is 5.16 Å². The highest BCUT2D eigenvalue weighted by molar-refractivity contribution is 8.00. The first-order valence-electron chi connectivity index (χ1n) is 8.84. The van der Waals surface area contributed by atoms with Gasteiger partial charge in [-0.1, -0.05) is 24.8 Å². The Hall–Kier alpha value is -2.06. The van der Waals surface area contributed by atoms with Crippen LogP contribution in [0.15, 0.2) is 35.7 Å². The number of hydrogen-bond donors (Lipinski definition) is 0. The van der Waals surface area contributed by atoms with Gasteiger partial charge >= 0.3 is 0 Å². The molecule has 140 valence electrons. The quantitative estimate of drug-likeness (QED) is 0.719. The van der Waals surface area contributed by atoms with Crippen LogP contribution in [-0.2, 0) is 4.79 Å². The molecule has 1 aliphatic rings. The third kappa shape index (κ3) is 4.19. The number of piperazine rings is 1. The zero-order valence-corrected chi connectivity index (χ0v) is 16.3. The Morgan fingerprint density at radius 2 is 2.08 bits per heavy atom. The molecule has 1 aromatic heterocycles. The molecular formula is C18H25N5O2S. The van der Waals surface area contributed by atoms with Gasteiger partial charge in [0.2, 0.25) is 5.91 Å². The van der Waals surface area contributed by atoms with Crippen LogP contribution in [0, 0.1) is 0 Å². The van der Waals surface area contributed by atoms with Crippen molar-refractivity contribution in [3.63, 3.8) is 0 Å². The number of likely N-dealkylation sites (N-methyl/N-ethyl adjacent to an activating group) is 1. The molecule has 1 amide bonds. The van der Waals surface area contributed by atoms with Gasteiger partial charge in [-0.3, -0.25) is 9.36 Å². The molecule has 0 aliphatic carbocycles. The molecule has 1 saturated heterocycles. The Bertz CT molecular complexity index is 743. The number of nitrogens with zero attached hydrogens (tertiary/aromatic N) is 5. The molecule has 1 atom stereocenters. The van der Waals surface area contributed by atoms with Gasteiger partial charge in [0.25, 0.3) is 0 Å². The fraction of sp³-hybridized carbons (Fsp3) is 0.500. The Morgan fingerprint density at radius 3 is 2.77 bits per heavy atom. The number of aromatic nitrogens is 3. The summed E-state index contributed by atoms with van der Waals surface area (Å²) >= 11 is 1.44. The zero-order chi connectivity index (χ0) is 18.5. The number of amides is 1. The van der Waals surface area contributed by atoms with Crippen LogP contribution in [0.25, 0.3) is 5.69 Å². The SMILES string of the molecule is CCN1CCN(C(=O)C(C)Sc2nncn2-c2cccc(OC)c2)CC1. The minimum Gasteiger partial charge on any atom is -0.497 e. The Kier molecular flexibility index (Phi) is 6.16. The van der Waals surface area contributed by atoms with Crippen molar-refractivity contribution in [3.05, 3.63) is 30.6 Å². The average Bonchev–Trinajstić information content (AvgIpc) is 3.15. The monoisotopic (exact) mass is 375 g/mol. The number of thioether (sulfide) groups is 1. The second-order valence-electron chi connectivity index (χ2n) is 6.20. The lowest BCUT2D eigenvalue weighted by Gasteiger charge is -2.35. The van der Waals surface area contributed by atoms with Crippen LogP contribution in [0.2, 0.25) is 0 Å². The highest BCUT2D eigenvalue weighted by Gasteiger charge is 2.26. The smallest absolute Gasteiger partial charge is 0.235 e. The molecule has 1 fully saturated rings. The summed E-state index contributed by atoms with van der Waals surface area (Å²) in [5.74, 6) is 0.927. The molecule has 2 aromatic rings. The first-order valence-corrected chi connectivity index (χ1v) is 9.72. The van der Waals surface area contributed by atoms with Crippen molar-refractivity contribution in [2.24, 2.45) is 0 Å². The zero-order valence-electron chi connectivity index (χ0n) is 15.5. The van der Waals surface area contributed by atoms with Crippen LogP contribution in [0.1, 0.15) is 13.8 Å². The van der Waals surface area contributed by atoms with Gasteiger partial charge in [-0.05, 0) is 25.6 Å². The number of methoxy groups -OCH3 is 1. The minimum absolute atomic E-state index is 0.158. The van der Waals surface area contributed by atoms with Crippen LogP contribution in [0.5, 0.6) is 5.75 Å². The fourth-order valence-corrected chi connectivity index (χ4v) is 3.92. The van der Waals surface area contributed by atoms with Gasteiger partial charge in [-0.15, -0.1) is 10.2 Å². The third-order valence-electron chi connectivity index (χ3n) is 4.61. The lowest BCUT2D eigenvalue weighted by Crippen LogP contribution is -2.50. The molecule has 0 bridgehead atoms. The van der Waals surface area contributed by atoms with E-state index in [9.17, 15) is 4.79 Å². The van der Waals surface area contributed by atoms with Gasteiger partial charge in [-0.25, -0.2) is 0 Å². The number of benzene rings is 1. The number of ether oxygens (including phenoxy) is 1. The third-order valence-corrected chi connectivity index (χ3v) is 5.65. The van der Waals surface area contributed by atoms with E-state index in [1.807, 2.05) is 40.7 Å². The summed E-state index contributed by atoms with van der Waals surface area (Å²) in [7, 11) is 1.64. The van der Waals surface area contributed by atoms with Gasteiger partial charge in [0.1, 0.15) is 12.1 Å². The summed E-state index contributed by atoms with van der Waals surface area (Å²) in [5.41, 5.74) is 0.910. The van der Waals surface area contributed by atoms with Crippen LogP contribution in [-0.4, -0.2) is 75.6 Å². The van der Waals surface area contributed by atoms with Crippen molar-refractivity contribution in [3.8, 4) is 11.4 Å².